The number of hydrogen-bond acceptors (Lipinski definition) is 3. The van der Waals surface area contributed by atoms with E-state index in [1.807, 2.05) is 36.6 Å². The van der Waals surface area contributed by atoms with Crippen LogP contribution in [0.4, 0.5) is 0 Å². The highest BCUT2D eigenvalue weighted by Gasteiger charge is 2.17. The summed E-state index contributed by atoms with van der Waals surface area (Å²) in [5.74, 6) is -0.00921. The number of rotatable bonds is 4. The Morgan fingerprint density at radius 1 is 1.14 bits per heavy atom. The van der Waals surface area contributed by atoms with E-state index in [4.69, 9.17) is 0 Å². The molecule has 0 amide bonds. The van der Waals surface area contributed by atoms with Gasteiger partial charge in [0.2, 0.25) is 0 Å². The summed E-state index contributed by atoms with van der Waals surface area (Å²) in [4.78, 5) is 25.6. The van der Waals surface area contributed by atoms with Crippen LogP contribution in [0.5, 0.6) is 0 Å². The molecule has 0 aliphatic heterocycles. The second-order valence-corrected chi connectivity index (χ2v) is 6.11. The Morgan fingerprint density at radius 3 is 2.62 bits per heavy atom. The van der Waals surface area contributed by atoms with E-state index < -0.39 is 0 Å². The summed E-state index contributed by atoms with van der Waals surface area (Å²) >= 11 is 1.65. The van der Waals surface area contributed by atoms with Crippen LogP contribution in [0.1, 0.15) is 28.0 Å². The molecule has 0 N–H and O–H groups in total. The molecule has 1 aliphatic rings. The van der Waals surface area contributed by atoms with Crippen molar-refractivity contribution >= 4 is 17.5 Å². The minimum atomic E-state index is -0.0790. The number of aromatic nitrogens is 1. The minimum Gasteiger partial charge on any atom is -0.305 e. The average molecular weight is 299 g/mol. The zero-order chi connectivity index (χ0) is 14.8. The Labute approximate surface area is 128 Å². The average Bonchev–Trinajstić information content (AvgIpc) is 2.99. The number of nitrogens with zero attached hydrogens (tertiary/aromatic N) is 1. The lowest BCUT2D eigenvalue weighted by Gasteiger charge is -2.11. The molecule has 0 radical (unpaired) electrons. The van der Waals surface area contributed by atoms with Crippen molar-refractivity contribution in [2.75, 3.05) is 6.26 Å². The molecule has 2 aromatic rings. The van der Waals surface area contributed by atoms with Gasteiger partial charge in [-0.3, -0.25) is 9.59 Å². The molecule has 1 aromatic heterocycles. The first-order chi connectivity index (χ1) is 10.2. The van der Waals surface area contributed by atoms with Gasteiger partial charge in [0.1, 0.15) is 0 Å². The molecule has 3 nitrogen and oxygen atoms in total. The van der Waals surface area contributed by atoms with E-state index in [-0.39, 0.29) is 17.9 Å². The molecular formula is C17H17NO2S. The van der Waals surface area contributed by atoms with Crippen LogP contribution in [-0.2, 0) is 19.4 Å². The third-order valence-corrected chi connectivity index (χ3v) is 4.71. The highest BCUT2D eigenvalue weighted by molar-refractivity contribution is 7.98. The van der Waals surface area contributed by atoms with Crippen molar-refractivity contribution in [2.45, 2.75) is 30.7 Å². The SMILES string of the molecule is CSc1ccc(C(=O)Cn2c3c(ccc2=O)CCC3)cc1. The first kappa shape index (κ1) is 14.1. The van der Waals surface area contributed by atoms with Gasteiger partial charge >= 0.3 is 0 Å². The topological polar surface area (TPSA) is 39.1 Å². The standard InChI is InChI=1S/C17H17NO2S/c1-21-14-8-5-13(6-9-14)16(19)11-18-15-4-2-3-12(15)7-10-17(18)20/h5-10H,2-4,11H2,1H3. The molecule has 3 rings (SSSR count). The molecule has 0 saturated carbocycles. The lowest BCUT2D eigenvalue weighted by Crippen LogP contribution is -2.26. The largest absolute Gasteiger partial charge is 0.305 e. The van der Waals surface area contributed by atoms with Crippen LogP contribution in [0, 0.1) is 0 Å². The summed E-state index contributed by atoms with van der Waals surface area (Å²) in [6.45, 7) is 0.140. The number of hydrogen-bond donors (Lipinski definition) is 0. The van der Waals surface area contributed by atoms with Crippen molar-refractivity contribution in [3.05, 3.63) is 63.6 Å². The highest BCUT2D eigenvalue weighted by atomic mass is 32.2. The Morgan fingerprint density at radius 2 is 1.90 bits per heavy atom. The van der Waals surface area contributed by atoms with Gasteiger partial charge in [0.15, 0.2) is 5.78 Å². The van der Waals surface area contributed by atoms with Gasteiger partial charge in [0, 0.05) is 22.2 Å². The van der Waals surface area contributed by atoms with E-state index in [1.54, 1.807) is 22.4 Å². The second kappa shape index (κ2) is 5.90. The monoisotopic (exact) mass is 299 g/mol. The quantitative estimate of drug-likeness (QED) is 0.643. The Hall–Kier alpha value is -1.81. The van der Waals surface area contributed by atoms with Crippen LogP contribution in [0.25, 0.3) is 0 Å². The van der Waals surface area contributed by atoms with E-state index in [9.17, 15) is 9.59 Å². The predicted molar refractivity (Wildman–Crippen MR) is 85.3 cm³/mol. The van der Waals surface area contributed by atoms with Gasteiger partial charge in [-0.05, 0) is 43.2 Å². The number of thioether (sulfide) groups is 1. The van der Waals surface area contributed by atoms with Crippen molar-refractivity contribution in [2.24, 2.45) is 0 Å². The third kappa shape index (κ3) is 2.81. The molecular weight excluding hydrogens is 282 g/mol. The van der Waals surface area contributed by atoms with E-state index in [2.05, 4.69) is 0 Å². The Bertz CT molecular complexity index is 731. The summed E-state index contributed by atoms with van der Waals surface area (Å²) in [7, 11) is 0. The number of pyridine rings is 1. The number of benzene rings is 1. The molecule has 1 aliphatic carbocycles. The maximum Gasteiger partial charge on any atom is 0.251 e. The summed E-state index contributed by atoms with van der Waals surface area (Å²) in [5.41, 5.74) is 2.83. The summed E-state index contributed by atoms with van der Waals surface area (Å²) in [5, 5.41) is 0. The summed E-state index contributed by atoms with van der Waals surface area (Å²) < 4.78 is 1.65. The van der Waals surface area contributed by atoms with E-state index >= 15 is 0 Å². The number of fused-ring (bicyclic) bond motifs is 1. The third-order valence-electron chi connectivity index (χ3n) is 3.96. The first-order valence-electron chi connectivity index (χ1n) is 7.08. The zero-order valence-electron chi connectivity index (χ0n) is 12.0. The lowest BCUT2D eigenvalue weighted by atomic mass is 10.1. The van der Waals surface area contributed by atoms with Crippen LogP contribution in [-0.4, -0.2) is 16.6 Å². The smallest absolute Gasteiger partial charge is 0.251 e. The van der Waals surface area contributed by atoms with Gasteiger partial charge in [-0.1, -0.05) is 18.2 Å². The van der Waals surface area contributed by atoms with Crippen molar-refractivity contribution in [1.29, 1.82) is 0 Å². The van der Waals surface area contributed by atoms with Crippen LogP contribution >= 0.6 is 11.8 Å². The molecule has 0 atom stereocenters. The van der Waals surface area contributed by atoms with Crippen molar-refractivity contribution in [3.8, 4) is 0 Å². The van der Waals surface area contributed by atoms with E-state index in [1.165, 1.54) is 5.56 Å². The molecule has 0 fully saturated rings. The van der Waals surface area contributed by atoms with Gasteiger partial charge in [-0.25, -0.2) is 0 Å². The fourth-order valence-electron chi connectivity index (χ4n) is 2.82. The van der Waals surface area contributed by atoms with Crippen LogP contribution in [0.3, 0.4) is 0 Å². The number of carbonyl (C=O) groups is 1. The Balaban J connectivity index is 1.88. The maximum absolute atomic E-state index is 12.4. The highest BCUT2D eigenvalue weighted by Crippen LogP contribution is 2.20. The lowest BCUT2D eigenvalue weighted by molar-refractivity contribution is 0.0969. The van der Waals surface area contributed by atoms with Gasteiger partial charge < -0.3 is 4.57 Å². The first-order valence-corrected chi connectivity index (χ1v) is 8.30. The van der Waals surface area contributed by atoms with Crippen LogP contribution in [0.2, 0.25) is 0 Å². The molecule has 4 heteroatoms. The van der Waals surface area contributed by atoms with E-state index in [0.29, 0.717) is 5.56 Å². The van der Waals surface area contributed by atoms with Crippen LogP contribution < -0.4 is 5.56 Å². The number of Topliss-reactive ketones (excluding diaryl/α,β-unsaturated/α-hetero) is 1. The van der Waals surface area contributed by atoms with E-state index in [0.717, 1.165) is 29.9 Å². The van der Waals surface area contributed by atoms with Gasteiger partial charge in [0.05, 0.1) is 6.54 Å². The molecule has 0 bridgehead atoms. The molecule has 0 unspecified atom stereocenters. The van der Waals surface area contributed by atoms with Crippen molar-refractivity contribution in [3.63, 3.8) is 0 Å². The molecule has 108 valence electrons. The normalized spacial score (nSPS) is 13.2. The number of ketones is 1. The minimum absolute atomic E-state index is 0.00921. The summed E-state index contributed by atoms with van der Waals surface area (Å²) in [6, 6.07) is 11.0. The molecule has 1 heterocycles. The van der Waals surface area contributed by atoms with Gasteiger partial charge in [-0.15, -0.1) is 11.8 Å². The van der Waals surface area contributed by atoms with Crippen molar-refractivity contribution in [1.82, 2.24) is 4.57 Å². The Kier molecular flexibility index (Phi) is 3.97. The summed E-state index contributed by atoms with van der Waals surface area (Å²) in [6.07, 6.45) is 4.97. The number of aryl methyl sites for hydroxylation is 1. The fraction of sp³-hybridized carbons (Fsp3) is 0.294. The van der Waals surface area contributed by atoms with Gasteiger partial charge in [0.25, 0.3) is 5.56 Å². The van der Waals surface area contributed by atoms with Crippen LogP contribution in [0.15, 0.2) is 46.1 Å². The maximum atomic E-state index is 12.4. The molecule has 1 aromatic carbocycles. The van der Waals surface area contributed by atoms with Crippen molar-refractivity contribution < 1.29 is 4.79 Å². The molecule has 0 spiro atoms. The number of carbonyl (C=O) groups excluding carboxylic acids is 1. The molecule has 0 saturated heterocycles. The fourth-order valence-corrected chi connectivity index (χ4v) is 3.23. The zero-order valence-corrected chi connectivity index (χ0v) is 12.8. The van der Waals surface area contributed by atoms with Gasteiger partial charge in [-0.2, -0.15) is 0 Å². The second-order valence-electron chi connectivity index (χ2n) is 5.23. The predicted octanol–water partition coefficient (Wildman–Crippen LogP) is 2.94. The molecule has 21 heavy (non-hydrogen) atoms.